The van der Waals surface area contributed by atoms with Crippen LogP contribution in [-0.4, -0.2) is 28.3 Å². The van der Waals surface area contributed by atoms with Gasteiger partial charge in [-0.2, -0.15) is 0 Å². The van der Waals surface area contributed by atoms with Gasteiger partial charge in [0.05, 0.1) is 9.90 Å². The fourth-order valence-electron chi connectivity index (χ4n) is 5.20. The van der Waals surface area contributed by atoms with Crippen LogP contribution in [0.25, 0.3) is 0 Å². The van der Waals surface area contributed by atoms with Crippen molar-refractivity contribution in [2.75, 3.05) is 4.90 Å². The van der Waals surface area contributed by atoms with Crippen molar-refractivity contribution < 1.29 is 14.7 Å². The van der Waals surface area contributed by atoms with Crippen LogP contribution in [0, 0.1) is 11.8 Å². The molecule has 2 heterocycles. The summed E-state index contributed by atoms with van der Waals surface area (Å²) < 4.78 is 1.36. The summed E-state index contributed by atoms with van der Waals surface area (Å²) in [6.07, 6.45) is 7.95. The molecule has 0 unspecified atom stereocenters. The zero-order chi connectivity index (χ0) is 24.5. The molecule has 186 valence electrons. The molecule has 1 amide bonds. The highest BCUT2D eigenvalue weighted by Gasteiger charge is 2.38. The largest absolute Gasteiger partial charge is 0.477 e. The molecule has 0 aliphatic heterocycles. The quantitative estimate of drug-likeness (QED) is 0.419. The first-order valence-electron chi connectivity index (χ1n) is 12.5. The smallest absolute Gasteiger partial charge is 0.348 e. The van der Waals surface area contributed by atoms with Crippen molar-refractivity contribution in [2.45, 2.75) is 100.0 Å². The Bertz CT molecular complexity index is 975. The normalized spacial score (nSPS) is 25.8. The van der Waals surface area contributed by atoms with E-state index in [2.05, 4.69) is 45.2 Å². The third-order valence-electron chi connectivity index (χ3n) is 7.29. The molecule has 34 heavy (non-hydrogen) atoms. The minimum atomic E-state index is -0.924. The molecule has 2 aromatic rings. The third-order valence-corrected chi connectivity index (χ3v) is 11.2. The highest BCUT2D eigenvalue weighted by molar-refractivity contribution is 8.01. The average molecular weight is 520 g/mol. The van der Waals surface area contributed by atoms with Crippen molar-refractivity contribution in [1.82, 2.24) is 0 Å². The summed E-state index contributed by atoms with van der Waals surface area (Å²) in [7, 11) is 0. The summed E-state index contributed by atoms with van der Waals surface area (Å²) in [5.74, 6) is -0.0889. The second kappa shape index (κ2) is 10.8. The molecule has 0 radical (unpaired) electrons. The van der Waals surface area contributed by atoms with Gasteiger partial charge in [0.2, 0.25) is 5.91 Å². The van der Waals surface area contributed by atoms with Crippen LogP contribution >= 0.6 is 34.4 Å². The van der Waals surface area contributed by atoms with E-state index in [9.17, 15) is 14.7 Å². The number of anilines is 1. The van der Waals surface area contributed by atoms with Gasteiger partial charge in [-0.1, -0.05) is 33.8 Å². The molecule has 2 aliphatic carbocycles. The number of hydrogen-bond acceptors (Lipinski definition) is 5. The molecule has 0 saturated heterocycles. The number of aromatic carboxylic acids is 1. The van der Waals surface area contributed by atoms with Crippen LogP contribution in [0.4, 0.5) is 5.69 Å². The Morgan fingerprint density at radius 2 is 1.74 bits per heavy atom. The predicted molar refractivity (Wildman–Crippen MR) is 145 cm³/mol. The van der Waals surface area contributed by atoms with Crippen molar-refractivity contribution >= 4 is 52.0 Å². The summed E-state index contributed by atoms with van der Waals surface area (Å²) in [5.41, 5.74) is 0.484. The lowest BCUT2D eigenvalue weighted by Crippen LogP contribution is -2.46. The van der Waals surface area contributed by atoms with E-state index >= 15 is 0 Å². The van der Waals surface area contributed by atoms with Crippen LogP contribution in [-0.2, 0) is 10.2 Å². The van der Waals surface area contributed by atoms with E-state index in [1.165, 1.54) is 15.5 Å². The van der Waals surface area contributed by atoms with Crippen LogP contribution < -0.4 is 4.90 Å². The number of rotatable bonds is 6. The van der Waals surface area contributed by atoms with Gasteiger partial charge in [-0.05, 0) is 80.2 Å². The summed E-state index contributed by atoms with van der Waals surface area (Å²) in [4.78, 5) is 29.6. The molecular formula is C27H37NO3S3. The number of nitrogens with zero attached hydrogens (tertiary/aromatic N) is 1. The molecule has 0 atom stereocenters. The monoisotopic (exact) mass is 519 g/mol. The Labute approximate surface area is 216 Å². The number of carboxylic acid groups (broad SMARTS) is 1. The van der Waals surface area contributed by atoms with E-state index < -0.39 is 5.97 Å². The van der Waals surface area contributed by atoms with Gasteiger partial charge >= 0.3 is 5.97 Å². The maximum Gasteiger partial charge on any atom is 0.348 e. The highest BCUT2D eigenvalue weighted by Crippen LogP contribution is 2.43. The average Bonchev–Trinajstić information content (AvgIpc) is 3.46. The minimum absolute atomic E-state index is 0.00838. The van der Waals surface area contributed by atoms with Gasteiger partial charge < -0.3 is 10.0 Å². The topological polar surface area (TPSA) is 57.6 Å². The van der Waals surface area contributed by atoms with Gasteiger partial charge in [0.15, 0.2) is 0 Å². The fraction of sp³-hybridized carbons (Fsp3) is 0.630. The molecule has 0 aromatic carbocycles. The van der Waals surface area contributed by atoms with Crippen molar-refractivity contribution in [3.05, 3.63) is 33.3 Å². The first kappa shape index (κ1) is 25.8. The summed E-state index contributed by atoms with van der Waals surface area (Å²) in [6, 6.07) is 6.36. The lowest BCUT2D eigenvalue weighted by molar-refractivity contribution is -0.124. The number of amides is 1. The molecule has 1 N–H and O–H groups in total. The maximum absolute atomic E-state index is 14.0. The molecule has 4 rings (SSSR count). The summed E-state index contributed by atoms with van der Waals surface area (Å²) >= 11 is 5.08. The Hall–Kier alpha value is -1.31. The van der Waals surface area contributed by atoms with Gasteiger partial charge in [0, 0.05) is 22.1 Å². The summed E-state index contributed by atoms with van der Waals surface area (Å²) in [6.45, 7) is 8.59. The van der Waals surface area contributed by atoms with E-state index in [1.54, 1.807) is 11.3 Å². The highest BCUT2D eigenvalue weighted by atomic mass is 32.2. The van der Waals surface area contributed by atoms with Crippen LogP contribution in [0.15, 0.2) is 27.8 Å². The van der Waals surface area contributed by atoms with Gasteiger partial charge in [-0.3, -0.25) is 4.79 Å². The Kier molecular flexibility index (Phi) is 8.15. The van der Waals surface area contributed by atoms with Crippen molar-refractivity contribution in [3.63, 3.8) is 0 Å². The lowest BCUT2D eigenvalue weighted by atomic mass is 9.81. The van der Waals surface area contributed by atoms with Crippen LogP contribution in [0.1, 0.15) is 93.6 Å². The van der Waals surface area contributed by atoms with E-state index in [0.29, 0.717) is 21.7 Å². The number of carbonyl (C=O) groups excluding carboxylic acids is 1. The SMILES string of the molecule is CC1CCC(C(=O)N(c2cc(C(C)(C)C)sc2C(=O)O)C2CCC(Sc3cccs3)CC2)CC1. The molecule has 2 aromatic heterocycles. The zero-order valence-corrected chi connectivity index (χ0v) is 23.2. The standard InChI is InChI=1S/C27H37NO3S3/c1-17-7-9-18(10-8-17)25(29)28(21-16-22(27(2,3)4)34-24(21)26(30)31)19-11-13-20(14-12-19)33-23-6-5-15-32-23/h5-6,15-20H,7-14H2,1-4H3,(H,30,31). The van der Waals surface area contributed by atoms with Gasteiger partial charge in [0.25, 0.3) is 0 Å². The predicted octanol–water partition coefficient (Wildman–Crippen LogP) is 8.07. The van der Waals surface area contributed by atoms with Crippen LogP contribution in [0.5, 0.6) is 0 Å². The molecule has 2 aliphatic rings. The number of thiophene rings is 2. The van der Waals surface area contributed by atoms with Gasteiger partial charge in [-0.25, -0.2) is 4.79 Å². The molecule has 4 nitrogen and oxygen atoms in total. The molecule has 2 fully saturated rings. The number of thioether (sulfide) groups is 1. The first-order chi connectivity index (χ1) is 16.1. The van der Waals surface area contributed by atoms with E-state index in [4.69, 9.17) is 0 Å². The second-order valence-corrected chi connectivity index (χ2v) is 14.6. The lowest BCUT2D eigenvalue weighted by Gasteiger charge is -2.39. The minimum Gasteiger partial charge on any atom is -0.477 e. The number of hydrogen-bond donors (Lipinski definition) is 1. The third kappa shape index (κ3) is 5.90. The van der Waals surface area contributed by atoms with Gasteiger partial charge in [-0.15, -0.1) is 34.4 Å². The van der Waals surface area contributed by atoms with E-state index in [-0.39, 0.29) is 23.3 Å². The van der Waals surface area contributed by atoms with Gasteiger partial charge in [0.1, 0.15) is 4.88 Å². The van der Waals surface area contributed by atoms with E-state index in [1.807, 2.05) is 22.7 Å². The molecular weight excluding hydrogens is 483 g/mol. The second-order valence-electron chi connectivity index (χ2n) is 11.0. The Morgan fingerprint density at radius 1 is 1.06 bits per heavy atom. The maximum atomic E-state index is 14.0. The van der Waals surface area contributed by atoms with Crippen LogP contribution in [0.3, 0.4) is 0 Å². The molecule has 0 spiro atoms. The number of carboxylic acids is 1. The number of carbonyl (C=O) groups is 2. The zero-order valence-electron chi connectivity index (χ0n) is 20.7. The van der Waals surface area contributed by atoms with Crippen LogP contribution in [0.2, 0.25) is 0 Å². The summed E-state index contributed by atoms with van der Waals surface area (Å²) in [5, 5.41) is 12.8. The Morgan fingerprint density at radius 3 is 2.29 bits per heavy atom. The van der Waals surface area contributed by atoms with E-state index in [0.717, 1.165) is 56.2 Å². The molecule has 7 heteroatoms. The fourth-order valence-corrected chi connectivity index (χ4v) is 8.48. The first-order valence-corrected chi connectivity index (χ1v) is 15.1. The molecule has 2 saturated carbocycles. The van der Waals surface area contributed by atoms with Crippen molar-refractivity contribution in [3.8, 4) is 0 Å². The van der Waals surface area contributed by atoms with Crippen molar-refractivity contribution in [2.24, 2.45) is 11.8 Å². The molecule has 0 bridgehead atoms. The van der Waals surface area contributed by atoms with Crippen molar-refractivity contribution in [1.29, 1.82) is 0 Å². The Balaban J connectivity index is 1.61.